The maximum absolute atomic E-state index is 15.5. The van der Waals surface area contributed by atoms with E-state index in [1.807, 2.05) is 18.9 Å². The van der Waals surface area contributed by atoms with Crippen molar-refractivity contribution in [3.63, 3.8) is 0 Å². The average Bonchev–Trinajstić information content (AvgIpc) is 3.12. The number of piperidine rings is 1. The minimum atomic E-state index is -2.24. The molecule has 5 rings (SSSR count). The van der Waals surface area contributed by atoms with Crippen LogP contribution < -0.4 is 10.2 Å². The summed E-state index contributed by atoms with van der Waals surface area (Å²) < 4.78 is 37.6. The molecule has 0 spiro atoms. The Morgan fingerprint density at radius 2 is 2.03 bits per heavy atom. The first-order valence-electron chi connectivity index (χ1n) is 12.6. The van der Waals surface area contributed by atoms with Crippen molar-refractivity contribution in [3.05, 3.63) is 36.7 Å². The van der Waals surface area contributed by atoms with Crippen LogP contribution in [0.4, 0.5) is 10.2 Å². The van der Waals surface area contributed by atoms with Gasteiger partial charge in [-0.15, -0.1) is 27.1 Å². The van der Waals surface area contributed by atoms with Gasteiger partial charge in [-0.05, 0) is 63.1 Å². The smallest absolute Gasteiger partial charge is 0.185 e. The third-order valence-electron chi connectivity index (χ3n) is 7.11. The molecule has 4 atom stereocenters. The number of phenols is 1. The molecule has 0 aliphatic carbocycles. The first-order valence-corrected chi connectivity index (χ1v) is 11.9. The zero-order valence-corrected chi connectivity index (χ0v) is 20.0. The molecule has 2 N–H and O–H groups in total. The Kier molecular flexibility index (Phi) is 4.82. The molecule has 2 aliphatic rings. The molecule has 2 aliphatic heterocycles. The Bertz CT molecular complexity index is 1310. The maximum atomic E-state index is 15.5. The van der Waals surface area contributed by atoms with Gasteiger partial charge in [0, 0.05) is 27.8 Å². The van der Waals surface area contributed by atoms with Crippen LogP contribution in [0.1, 0.15) is 37.2 Å². The second-order valence-electron chi connectivity index (χ2n) is 9.64. The van der Waals surface area contributed by atoms with E-state index in [-0.39, 0.29) is 28.2 Å². The zero-order chi connectivity index (χ0) is 26.6. The molecular formula is C24H28FN7OS. The predicted octanol–water partition coefficient (Wildman–Crippen LogP) is 3.87. The van der Waals surface area contributed by atoms with E-state index < -0.39 is 17.9 Å². The minimum absolute atomic E-state index is 0.0677. The lowest BCUT2D eigenvalue weighted by Gasteiger charge is -2.47. The highest BCUT2D eigenvalue weighted by atomic mass is 32.2. The first-order chi connectivity index (χ1) is 17.4. The van der Waals surface area contributed by atoms with E-state index >= 15 is 4.39 Å². The topological polar surface area (TPSA) is 100.0 Å². The lowest BCUT2D eigenvalue weighted by atomic mass is 9.82. The Balaban J connectivity index is 1.35. The fourth-order valence-electron chi connectivity index (χ4n) is 5.21. The van der Waals surface area contributed by atoms with Crippen LogP contribution in [0.3, 0.4) is 0 Å². The summed E-state index contributed by atoms with van der Waals surface area (Å²) in [5.41, 5.74) is 0.953. The number of halogens is 1. The van der Waals surface area contributed by atoms with E-state index in [2.05, 4.69) is 37.6 Å². The van der Waals surface area contributed by atoms with Crippen molar-refractivity contribution in [3.8, 4) is 28.3 Å². The van der Waals surface area contributed by atoms with Crippen molar-refractivity contribution in [2.45, 2.75) is 61.4 Å². The number of rotatable bonds is 5. The molecule has 0 saturated carbocycles. The predicted molar refractivity (Wildman–Crippen MR) is 131 cm³/mol. The summed E-state index contributed by atoms with van der Waals surface area (Å²) in [7, 11) is 1.81. The number of phenolic OH excluding ortho intramolecular Hbond substituents is 1. The highest BCUT2D eigenvalue weighted by Crippen LogP contribution is 2.45. The van der Waals surface area contributed by atoms with Gasteiger partial charge in [-0.3, -0.25) is 0 Å². The molecule has 10 heteroatoms. The molecule has 0 radical (unpaired) electrons. The molecule has 1 aromatic carbocycles. The van der Waals surface area contributed by atoms with Crippen LogP contribution in [0.15, 0.2) is 41.7 Å². The number of benzene rings is 1. The van der Waals surface area contributed by atoms with Crippen LogP contribution in [-0.4, -0.2) is 67.0 Å². The first kappa shape index (κ1) is 19.5. The van der Waals surface area contributed by atoms with Crippen LogP contribution in [-0.2, 0) is 0 Å². The molecule has 34 heavy (non-hydrogen) atoms. The number of anilines is 1. The standard InChI is InChI=1S/C24H28FN7OS/c1-23-7-8-24(2,31-23)21(25)17(11-23)32(3)19-13-26-22(30-28-19)16-6-5-14(9-18(16)33)15-10-20(34-4)29-27-12-15/h5-6,9-10,12-13,17,21,31,33H,7-8,11H2,1-4H3/t17-,21-,23-,24+/m1/s1/i4D3. The number of hydrogen-bond acceptors (Lipinski definition) is 9. The quantitative estimate of drug-likeness (QED) is 0.523. The monoisotopic (exact) mass is 484 g/mol. The van der Waals surface area contributed by atoms with Gasteiger partial charge in [0.2, 0.25) is 0 Å². The molecule has 2 fully saturated rings. The van der Waals surface area contributed by atoms with Gasteiger partial charge in [0.15, 0.2) is 11.6 Å². The lowest BCUT2D eigenvalue weighted by molar-refractivity contribution is 0.0859. The van der Waals surface area contributed by atoms with Crippen LogP contribution in [0, 0.1) is 0 Å². The molecule has 2 saturated heterocycles. The molecule has 3 aromatic rings. The summed E-state index contributed by atoms with van der Waals surface area (Å²) in [6.45, 7) is 4.08. The van der Waals surface area contributed by atoms with Gasteiger partial charge >= 0.3 is 0 Å². The summed E-state index contributed by atoms with van der Waals surface area (Å²) in [5.74, 6) is 0.624. The SMILES string of the molecule is [2H]C([2H])([2H])Sc1cc(-c2ccc(-c3ncc(N(C)[C@@H]4C[C@@]5(C)CC[C@](C)(N5)[C@@H]4F)nn3)c(O)c2)cnn1. The summed E-state index contributed by atoms with van der Waals surface area (Å²) in [6.07, 6.45) is 2.12. The van der Waals surface area contributed by atoms with Gasteiger partial charge in [0.05, 0.1) is 24.0 Å². The van der Waals surface area contributed by atoms with E-state index in [4.69, 9.17) is 4.11 Å². The number of thioether (sulfide) groups is 1. The highest BCUT2D eigenvalue weighted by molar-refractivity contribution is 7.98. The summed E-state index contributed by atoms with van der Waals surface area (Å²) in [4.78, 5) is 6.21. The zero-order valence-electron chi connectivity index (χ0n) is 22.2. The fraction of sp³-hybridized carbons (Fsp3) is 0.458. The van der Waals surface area contributed by atoms with Gasteiger partial charge in [-0.25, -0.2) is 9.37 Å². The van der Waals surface area contributed by atoms with E-state index in [0.29, 0.717) is 40.7 Å². The summed E-state index contributed by atoms with van der Waals surface area (Å²) in [6, 6.07) is 6.19. The molecule has 4 heterocycles. The van der Waals surface area contributed by atoms with Gasteiger partial charge in [-0.1, -0.05) is 6.07 Å². The molecule has 0 amide bonds. The van der Waals surface area contributed by atoms with Crippen LogP contribution in [0.25, 0.3) is 22.5 Å². The molecular weight excluding hydrogens is 453 g/mol. The molecule has 2 bridgehead atoms. The Morgan fingerprint density at radius 3 is 2.76 bits per heavy atom. The number of nitrogens with one attached hydrogen (secondary N) is 1. The van der Waals surface area contributed by atoms with Crippen molar-refractivity contribution in [1.29, 1.82) is 0 Å². The van der Waals surface area contributed by atoms with Crippen LogP contribution in [0.2, 0.25) is 0 Å². The number of aromatic hydroxyl groups is 1. The third kappa shape index (κ3) is 3.98. The van der Waals surface area contributed by atoms with Crippen molar-refractivity contribution in [2.75, 3.05) is 18.1 Å². The number of nitrogens with zero attached hydrogens (tertiary/aromatic N) is 6. The maximum Gasteiger partial charge on any atom is 0.185 e. The van der Waals surface area contributed by atoms with Gasteiger partial charge < -0.3 is 15.3 Å². The van der Waals surface area contributed by atoms with E-state index in [1.54, 1.807) is 24.4 Å². The number of hydrogen-bond donors (Lipinski definition) is 2. The third-order valence-corrected chi connectivity index (χ3v) is 7.52. The van der Waals surface area contributed by atoms with Crippen LogP contribution >= 0.6 is 11.8 Å². The van der Waals surface area contributed by atoms with Crippen molar-refractivity contribution in [1.82, 2.24) is 30.7 Å². The fourth-order valence-corrected chi connectivity index (χ4v) is 5.49. The molecule has 178 valence electrons. The van der Waals surface area contributed by atoms with Gasteiger partial charge in [0.25, 0.3) is 0 Å². The second-order valence-corrected chi connectivity index (χ2v) is 10.3. The summed E-state index contributed by atoms with van der Waals surface area (Å²) >= 11 is 0.635. The normalized spacial score (nSPS) is 29.8. The molecule has 0 unspecified atom stereocenters. The number of fused-ring (bicyclic) bond motifs is 2. The summed E-state index contributed by atoms with van der Waals surface area (Å²) in [5, 5.41) is 30.7. The molecule has 2 aromatic heterocycles. The highest BCUT2D eigenvalue weighted by Gasteiger charge is 2.56. The average molecular weight is 485 g/mol. The van der Waals surface area contributed by atoms with Crippen molar-refractivity contribution >= 4 is 17.6 Å². The molecule has 8 nitrogen and oxygen atoms in total. The Hall–Kier alpha value is -2.85. The van der Waals surface area contributed by atoms with Crippen LogP contribution in [0.5, 0.6) is 5.75 Å². The van der Waals surface area contributed by atoms with E-state index in [0.717, 1.165) is 12.8 Å². The largest absolute Gasteiger partial charge is 0.507 e. The number of aromatic nitrogens is 5. The second kappa shape index (κ2) is 8.42. The Morgan fingerprint density at radius 1 is 1.18 bits per heavy atom. The minimum Gasteiger partial charge on any atom is -0.507 e. The lowest BCUT2D eigenvalue weighted by Crippen LogP contribution is -2.65. The van der Waals surface area contributed by atoms with E-state index in [1.165, 1.54) is 12.3 Å². The van der Waals surface area contributed by atoms with Gasteiger partial charge in [-0.2, -0.15) is 5.10 Å². The Labute approximate surface area is 206 Å². The van der Waals surface area contributed by atoms with E-state index in [9.17, 15) is 5.11 Å². The van der Waals surface area contributed by atoms with Crippen molar-refractivity contribution in [2.24, 2.45) is 0 Å². The number of alkyl halides is 1. The van der Waals surface area contributed by atoms with Crippen molar-refractivity contribution < 1.29 is 13.6 Å². The van der Waals surface area contributed by atoms with Gasteiger partial charge in [0.1, 0.15) is 16.9 Å².